The molecule has 1 aromatic carbocycles. The van der Waals surface area contributed by atoms with E-state index in [1.165, 1.54) is 0 Å². The van der Waals surface area contributed by atoms with E-state index in [2.05, 4.69) is 10.6 Å². The Morgan fingerprint density at radius 3 is 2.60 bits per heavy atom. The quantitative estimate of drug-likeness (QED) is 0.522. The summed E-state index contributed by atoms with van der Waals surface area (Å²) in [6, 6.07) is 8.56. The number of carbonyl (C=O) groups is 3. The molecule has 1 aliphatic heterocycles. The average molecular weight is 347 g/mol. The number of ether oxygens (including phenoxy) is 1. The highest BCUT2D eigenvalue weighted by Crippen LogP contribution is 2.32. The summed E-state index contributed by atoms with van der Waals surface area (Å²) < 4.78 is 5.19. The van der Waals surface area contributed by atoms with Crippen LogP contribution < -0.4 is 10.6 Å². The van der Waals surface area contributed by atoms with Gasteiger partial charge in [-0.2, -0.15) is 0 Å². The summed E-state index contributed by atoms with van der Waals surface area (Å²) in [6.45, 7) is 5.10. The molecular formula is C18H25N3O4. The van der Waals surface area contributed by atoms with Gasteiger partial charge in [-0.3, -0.25) is 14.5 Å². The van der Waals surface area contributed by atoms with E-state index >= 15 is 0 Å². The van der Waals surface area contributed by atoms with E-state index in [1.54, 1.807) is 12.1 Å². The van der Waals surface area contributed by atoms with Gasteiger partial charge >= 0.3 is 6.03 Å². The van der Waals surface area contributed by atoms with Crippen molar-refractivity contribution >= 4 is 17.8 Å². The minimum atomic E-state index is -1.10. The third kappa shape index (κ3) is 4.17. The molecule has 0 bridgehead atoms. The zero-order chi connectivity index (χ0) is 18.3. The van der Waals surface area contributed by atoms with Crippen LogP contribution in [0.4, 0.5) is 4.79 Å². The molecular weight excluding hydrogens is 322 g/mol. The maximum absolute atomic E-state index is 12.9. The fourth-order valence-corrected chi connectivity index (χ4v) is 2.88. The summed E-state index contributed by atoms with van der Waals surface area (Å²) in [5.74, 6) is -0.754. The van der Waals surface area contributed by atoms with Crippen molar-refractivity contribution in [3.8, 4) is 0 Å². The van der Waals surface area contributed by atoms with Crippen LogP contribution >= 0.6 is 0 Å². The van der Waals surface area contributed by atoms with Crippen LogP contribution in [0.15, 0.2) is 30.3 Å². The van der Waals surface area contributed by atoms with Crippen molar-refractivity contribution in [1.29, 1.82) is 0 Å². The van der Waals surface area contributed by atoms with Crippen LogP contribution in [0.1, 0.15) is 32.3 Å². The zero-order valence-electron chi connectivity index (χ0n) is 14.7. The summed E-state index contributed by atoms with van der Waals surface area (Å²) >= 11 is 0. The molecule has 0 spiro atoms. The van der Waals surface area contributed by atoms with E-state index in [0.717, 1.165) is 10.5 Å². The first-order chi connectivity index (χ1) is 12.0. The maximum Gasteiger partial charge on any atom is 0.325 e. The highest BCUT2D eigenvalue weighted by molar-refractivity contribution is 6.09. The Balaban J connectivity index is 2.00. The van der Waals surface area contributed by atoms with Crippen LogP contribution in [0.2, 0.25) is 0 Å². The first-order valence-electron chi connectivity index (χ1n) is 8.59. The van der Waals surface area contributed by atoms with Crippen molar-refractivity contribution in [3.05, 3.63) is 35.9 Å². The van der Waals surface area contributed by atoms with Crippen LogP contribution in [0.25, 0.3) is 0 Å². The Morgan fingerprint density at radius 2 is 1.96 bits per heavy atom. The van der Waals surface area contributed by atoms with Crippen molar-refractivity contribution in [2.75, 3.05) is 26.3 Å². The van der Waals surface area contributed by atoms with E-state index in [0.29, 0.717) is 32.6 Å². The second-order valence-corrected chi connectivity index (χ2v) is 5.85. The molecule has 1 aromatic rings. The lowest BCUT2D eigenvalue weighted by molar-refractivity contribution is -0.135. The third-order valence-electron chi connectivity index (χ3n) is 4.27. The summed E-state index contributed by atoms with van der Waals surface area (Å²) in [6.07, 6.45) is 1.09. The summed E-state index contributed by atoms with van der Waals surface area (Å²) in [5, 5.41) is 5.46. The lowest BCUT2D eigenvalue weighted by Gasteiger charge is -2.25. The predicted octanol–water partition coefficient (Wildman–Crippen LogP) is 1.39. The van der Waals surface area contributed by atoms with E-state index in [9.17, 15) is 14.4 Å². The number of nitrogens with one attached hydrogen (secondary N) is 2. The SMILES string of the molecule is CCOCCCNC(=O)CN1C(=O)N[C@@](CC)(c2ccccc2)C1=O. The van der Waals surface area contributed by atoms with Gasteiger partial charge in [-0.15, -0.1) is 0 Å². The third-order valence-corrected chi connectivity index (χ3v) is 4.27. The molecule has 0 radical (unpaired) electrons. The normalized spacial score (nSPS) is 19.8. The number of hydrogen-bond donors (Lipinski definition) is 2. The van der Waals surface area contributed by atoms with Gasteiger partial charge in [0.2, 0.25) is 5.91 Å². The Bertz CT molecular complexity index is 620. The van der Waals surface area contributed by atoms with Crippen molar-refractivity contribution in [2.45, 2.75) is 32.2 Å². The van der Waals surface area contributed by atoms with E-state index in [4.69, 9.17) is 4.74 Å². The summed E-state index contributed by atoms with van der Waals surface area (Å²) in [7, 11) is 0. The topological polar surface area (TPSA) is 87.7 Å². The molecule has 2 N–H and O–H groups in total. The van der Waals surface area contributed by atoms with Crippen LogP contribution in [-0.2, 0) is 19.9 Å². The first-order valence-corrected chi connectivity index (χ1v) is 8.59. The predicted molar refractivity (Wildman–Crippen MR) is 92.8 cm³/mol. The molecule has 0 aromatic heterocycles. The lowest BCUT2D eigenvalue weighted by atomic mass is 9.87. The van der Waals surface area contributed by atoms with Gasteiger partial charge in [-0.05, 0) is 25.3 Å². The highest BCUT2D eigenvalue weighted by atomic mass is 16.5. The minimum Gasteiger partial charge on any atom is -0.382 e. The van der Waals surface area contributed by atoms with Crippen molar-refractivity contribution in [3.63, 3.8) is 0 Å². The maximum atomic E-state index is 12.9. The standard InChI is InChI=1S/C18H25N3O4/c1-3-18(14-9-6-5-7-10-14)16(23)21(17(24)20-18)13-15(22)19-11-8-12-25-4-2/h5-7,9-10H,3-4,8,11-13H2,1-2H3,(H,19,22)(H,20,24)/t18-/m0/s1. The number of imide groups is 1. The van der Waals surface area contributed by atoms with Crippen LogP contribution in [0.5, 0.6) is 0 Å². The Kier molecular flexibility index (Phi) is 6.52. The molecule has 25 heavy (non-hydrogen) atoms. The van der Waals surface area contributed by atoms with Gasteiger partial charge in [0.05, 0.1) is 0 Å². The second-order valence-electron chi connectivity index (χ2n) is 5.85. The number of amides is 4. The van der Waals surface area contributed by atoms with Gasteiger partial charge < -0.3 is 15.4 Å². The number of carbonyl (C=O) groups excluding carboxylic acids is 3. The van der Waals surface area contributed by atoms with Crippen molar-refractivity contribution in [1.82, 2.24) is 15.5 Å². The second kappa shape index (κ2) is 8.62. The van der Waals surface area contributed by atoms with Gasteiger partial charge in [-0.1, -0.05) is 37.3 Å². The minimum absolute atomic E-state index is 0.284. The number of rotatable bonds is 9. The Hall–Kier alpha value is -2.41. The monoisotopic (exact) mass is 347 g/mol. The molecule has 4 amide bonds. The molecule has 7 heteroatoms. The number of hydrogen-bond acceptors (Lipinski definition) is 4. The molecule has 1 aliphatic rings. The molecule has 136 valence electrons. The van der Waals surface area contributed by atoms with Gasteiger partial charge in [0, 0.05) is 19.8 Å². The average Bonchev–Trinajstić information content (AvgIpc) is 2.87. The van der Waals surface area contributed by atoms with Crippen LogP contribution in [0.3, 0.4) is 0 Å². The summed E-state index contributed by atoms with van der Waals surface area (Å²) in [5.41, 5.74) is -0.386. The molecule has 1 heterocycles. The smallest absolute Gasteiger partial charge is 0.325 e. The number of benzene rings is 1. The van der Waals surface area contributed by atoms with Gasteiger partial charge in [0.15, 0.2) is 0 Å². The van der Waals surface area contributed by atoms with E-state index in [-0.39, 0.29) is 12.5 Å². The van der Waals surface area contributed by atoms with Crippen LogP contribution in [-0.4, -0.2) is 49.0 Å². The molecule has 0 unspecified atom stereocenters. The molecule has 0 aliphatic carbocycles. The number of nitrogens with zero attached hydrogens (tertiary/aromatic N) is 1. The van der Waals surface area contributed by atoms with Crippen molar-refractivity contribution < 1.29 is 19.1 Å². The molecule has 7 nitrogen and oxygen atoms in total. The largest absolute Gasteiger partial charge is 0.382 e. The van der Waals surface area contributed by atoms with Crippen LogP contribution in [0, 0.1) is 0 Å². The lowest BCUT2D eigenvalue weighted by Crippen LogP contribution is -2.44. The fourth-order valence-electron chi connectivity index (χ4n) is 2.88. The zero-order valence-corrected chi connectivity index (χ0v) is 14.7. The fraction of sp³-hybridized carbons (Fsp3) is 0.500. The van der Waals surface area contributed by atoms with Gasteiger partial charge in [0.1, 0.15) is 12.1 Å². The summed E-state index contributed by atoms with van der Waals surface area (Å²) in [4.78, 5) is 38.2. The highest BCUT2D eigenvalue weighted by Gasteiger charge is 2.51. The molecule has 1 fully saturated rings. The van der Waals surface area contributed by atoms with E-state index in [1.807, 2.05) is 32.0 Å². The number of urea groups is 1. The molecule has 2 rings (SSSR count). The van der Waals surface area contributed by atoms with Gasteiger partial charge in [-0.25, -0.2) is 4.79 Å². The Labute approximate surface area is 147 Å². The van der Waals surface area contributed by atoms with Crippen molar-refractivity contribution in [2.24, 2.45) is 0 Å². The molecule has 1 saturated heterocycles. The Morgan fingerprint density at radius 1 is 1.24 bits per heavy atom. The first kappa shape index (κ1) is 18.9. The van der Waals surface area contributed by atoms with E-state index < -0.39 is 17.5 Å². The molecule has 1 atom stereocenters. The molecule has 0 saturated carbocycles. The van der Waals surface area contributed by atoms with Gasteiger partial charge in [0.25, 0.3) is 5.91 Å².